The fourth-order valence-corrected chi connectivity index (χ4v) is 6.10. The lowest BCUT2D eigenvalue weighted by molar-refractivity contribution is 0.0981. The van der Waals surface area contributed by atoms with Gasteiger partial charge in [0.25, 0.3) is 5.91 Å². The molecule has 3 aromatic rings. The molecule has 0 unspecified atom stereocenters. The predicted octanol–water partition coefficient (Wildman–Crippen LogP) is 4.68. The molecule has 1 aliphatic heterocycles. The van der Waals surface area contributed by atoms with Gasteiger partial charge >= 0.3 is 0 Å². The van der Waals surface area contributed by atoms with E-state index < -0.39 is 10.0 Å². The standard InChI is InChI=1S/C26H28N2O3S/c1-17-12-18(2)25(19(3)13-17)32(30,31)27-16-21-10-11-23-14-20(4)28(24(23)15-21)26(29)22-8-6-5-7-9-22/h5-13,15,20,27H,14,16H2,1-4H3/t20-/m0/s1. The smallest absolute Gasteiger partial charge is 0.258 e. The zero-order chi connectivity index (χ0) is 23.0. The molecule has 0 saturated heterocycles. The molecule has 166 valence electrons. The van der Waals surface area contributed by atoms with Crippen molar-refractivity contribution >= 4 is 21.6 Å². The van der Waals surface area contributed by atoms with Gasteiger partial charge in [0.2, 0.25) is 10.0 Å². The largest absolute Gasteiger partial charge is 0.305 e. The number of rotatable bonds is 5. The maximum Gasteiger partial charge on any atom is 0.258 e. The Kier molecular flexibility index (Phi) is 5.93. The first-order valence-corrected chi connectivity index (χ1v) is 12.2. The Bertz CT molecular complexity index is 1260. The van der Waals surface area contributed by atoms with Crippen LogP contribution in [0.5, 0.6) is 0 Å². The number of sulfonamides is 1. The predicted molar refractivity (Wildman–Crippen MR) is 128 cm³/mol. The van der Waals surface area contributed by atoms with Crippen molar-refractivity contribution in [3.8, 4) is 0 Å². The Morgan fingerprint density at radius 3 is 2.31 bits per heavy atom. The molecule has 0 bridgehead atoms. The summed E-state index contributed by atoms with van der Waals surface area (Å²) in [6.07, 6.45) is 0.779. The molecule has 1 aliphatic rings. The topological polar surface area (TPSA) is 66.5 Å². The fourth-order valence-electron chi connectivity index (χ4n) is 4.63. The van der Waals surface area contributed by atoms with E-state index in [-0.39, 0.29) is 18.5 Å². The lowest BCUT2D eigenvalue weighted by Crippen LogP contribution is -2.35. The van der Waals surface area contributed by atoms with E-state index >= 15 is 0 Å². The molecule has 0 spiro atoms. The molecule has 1 atom stereocenters. The average Bonchev–Trinajstić information content (AvgIpc) is 3.06. The summed E-state index contributed by atoms with van der Waals surface area (Å²) >= 11 is 0. The number of anilines is 1. The highest BCUT2D eigenvalue weighted by molar-refractivity contribution is 7.89. The van der Waals surface area contributed by atoms with Crippen LogP contribution in [-0.4, -0.2) is 20.4 Å². The van der Waals surface area contributed by atoms with Crippen molar-refractivity contribution in [2.75, 3.05) is 4.90 Å². The van der Waals surface area contributed by atoms with Crippen LogP contribution in [0, 0.1) is 20.8 Å². The number of nitrogens with zero attached hydrogens (tertiary/aromatic N) is 1. The van der Waals surface area contributed by atoms with Gasteiger partial charge in [0.05, 0.1) is 4.90 Å². The minimum Gasteiger partial charge on any atom is -0.305 e. The van der Waals surface area contributed by atoms with Crippen LogP contribution < -0.4 is 9.62 Å². The highest BCUT2D eigenvalue weighted by Crippen LogP contribution is 2.34. The highest BCUT2D eigenvalue weighted by Gasteiger charge is 2.31. The lowest BCUT2D eigenvalue weighted by Gasteiger charge is -2.23. The Morgan fingerprint density at radius 2 is 1.66 bits per heavy atom. The number of fused-ring (bicyclic) bond motifs is 1. The van der Waals surface area contributed by atoms with Gasteiger partial charge in [-0.15, -0.1) is 0 Å². The average molecular weight is 449 g/mol. The van der Waals surface area contributed by atoms with Crippen LogP contribution >= 0.6 is 0 Å². The number of carbonyl (C=O) groups excluding carboxylic acids is 1. The summed E-state index contributed by atoms with van der Waals surface area (Å²) in [5.41, 5.74) is 5.91. The fraction of sp³-hybridized carbons (Fsp3) is 0.269. The van der Waals surface area contributed by atoms with Crippen molar-refractivity contribution < 1.29 is 13.2 Å². The van der Waals surface area contributed by atoms with Crippen molar-refractivity contribution in [3.63, 3.8) is 0 Å². The second-order valence-corrected chi connectivity index (χ2v) is 10.3. The molecule has 1 N–H and O–H groups in total. The number of hydrogen-bond donors (Lipinski definition) is 1. The maximum atomic E-state index is 13.2. The first-order valence-electron chi connectivity index (χ1n) is 10.8. The maximum absolute atomic E-state index is 13.2. The van der Waals surface area contributed by atoms with E-state index in [1.807, 2.05) is 93.3 Å². The third-order valence-corrected chi connectivity index (χ3v) is 7.65. The van der Waals surface area contributed by atoms with Crippen LogP contribution in [0.3, 0.4) is 0 Å². The molecule has 0 fully saturated rings. The van der Waals surface area contributed by atoms with Gasteiger partial charge in [-0.25, -0.2) is 13.1 Å². The molecule has 1 heterocycles. The van der Waals surface area contributed by atoms with Crippen molar-refractivity contribution in [1.29, 1.82) is 0 Å². The lowest BCUT2D eigenvalue weighted by atomic mass is 10.1. The monoisotopic (exact) mass is 448 g/mol. The minimum absolute atomic E-state index is 0.0412. The zero-order valence-corrected chi connectivity index (χ0v) is 19.7. The number of hydrogen-bond acceptors (Lipinski definition) is 3. The van der Waals surface area contributed by atoms with Crippen molar-refractivity contribution in [2.45, 2.75) is 51.6 Å². The van der Waals surface area contributed by atoms with Crippen LogP contribution in [0.2, 0.25) is 0 Å². The number of benzene rings is 3. The van der Waals surface area contributed by atoms with Crippen molar-refractivity contribution in [2.24, 2.45) is 0 Å². The molecule has 32 heavy (non-hydrogen) atoms. The number of amides is 1. The first-order chi connectivity index (χ1) is 15.2. The molecule has 0 aromatic heterocycles. The van der Waals surface area contributed by atoms with Gasteiger partial charge in [-0.05, 0) is 74.6 Å². The first kappa shape index (κ1) is 22.2. The van der Waals surface area contributed by atoms with E-state index in [1.54, 1.807) is 0 Å². The summed E-state index contributed by atoms with van der Waals surface area (Å²) in [6.45, 7) is 7.78. The summed E-state index contributed by atoms with van der Waals surface area (Å²) in [5, 5.41) is 0. The van der Waals surface area contributed by atoms with Gasteiger partial charge in [-0.2, -0.15) is 0 Å². The SMILES string of the molecule is Cc1cc(C)c(S(=O)(=O)NCc2ccc3c(c2)N(C(=O)c2ccccc2)[C@@H](C)C3)c(C)c1. The molecule has 1 amide bonds. The number of aryl methyl sites for hydroxylation is 3. The quantitative estimate of drug-likeness (QED) is 0.616. The van der Waals surface area contributed by atoms with E-state index in [2.05, 4.69) is 4.72 Å². The third-order valence-electron chi connectivity index (χ3n) is 5.94. The summed E-state index contributed by atoms with van der Waals surface area (Å²) in [7, 11) is -3.66. The second-order valence-electron chi connectivity index (χ2n) is 8.61. The minimum atomic E-state index is -3.66. The summed E-state index contributed by atoms with van der Waals surface area (Å²) in [5.74, 6) is -0.0412. The normalized spacial score (nSPS) is 15.6. The number of nitrogens with one attached hydrogen (secondary N) is 1. The van der Waals surface area contributed by atoms with E-state index in [4.69, 9.17) is 0 Å². The third kappa shape index (κ3) is 4.20. The molecule has 4 rings (SSSR count). The molecule has 3 aromatic carbocycles. The Hall–Kier alpha value is -2.96. The van der Waals surface area contributed by atoms with Crippen molar-refractivity contribution in [1.82, 2.24) is 4.72 Å². The van der Waals surface area contributed by atoms with Gasteiger partial charge in [0, 0.05) is 23.8 Å². The van der Waals surface area contributed by atoms with E-state index in [9.17, 15) is 13.2 Å². The Balaban J connectivity index is 1.59. The van der Waals surface area contributed by atoms with Gasteiger partial charge in [-0.3, -0.25) is 4.79 Å². The molecule has 0 radical (unpaired) electrons. The highest BCUT2D eigenvalue weighted by atomic mass is 32.2. The van der Waals surface area contributed by atoms with Gasteiger partial charge < -0.3 is 4.90 Å². The van der Waals surface area contributed by atoms with Gasteiger partial charge in [0.1, 0.15) is 0 Å². The van der Waals surface area contributed by atoms with Crippen LogP contribution in [0.15, 0.2) is 65.6 Å². The van der Waals surface area contributed by atoms with Crippen LogP contribution in [-0.2, 0) is 23.0 Å². The van der Waals surface area contributed by atoms with Crippen LogP contribution in [0.1, 0.15) is 45.1 Å². The second kappa shape index (κ2) is 8.52. The molecular weight excluding hydrogens is 420 g/mol. The molecule has 0 saturated carbocycles. The van der Waals surface area contributed by atoms with E-state index in [1.165, 1.54) is 0 Å². The molecule has 0 aliphatic carbocycles. The summed E-state index contributed by atoms with van der Waals surface area (Å²) in [6, 6.07) is 18.9. The summed E-state index contributed by atoms with van der Waals surface area (Å²) < 4.78 is 28.8. The van der Waals surface area contributed by atoms with Gasteiger partial charge in [0.15, 0.2) is 0 Å². The zero-order valence-electron chi connectivity index (χ0n) is 18.8. The number of carbonyl (C=O) groups is 1. The molecular formula is C26H28N2O3S. The Labute approximate surface area is 190 Å². The van der Waals surface area contributed by atoms with E-state index in [0.29, 0.717) is 10.5 Å². The molecule has 5 nitrogen and oxygen atoms in total. The Morgan fingerprint density at radius 1 is 1.00 bits per heavy atom. The van der Waals surface area contributed by atoms with Gasteiger partial charge in [-0.1, -0.05) is 48.0 Å². The van der Waals surface area contributed by atoms with E-state index in [0.717, 1.165) is 39.9 Å². The van der Waals surface area contributed by atoms with Crippen LogP contribution in [0.25, 0.3) is 0 Å². The van der Waals surface area contributed by atoms with Crippen molar-refractivity contribution in [3.05, 3.63) is 94.0 Å². The molecule has 6 heteroatoms. The summed E-state index contributed by atoms with van der Waals surface area (Å²) in [4.78, 5) is 15.3. The van der Waals surface area contributed by atoms with Crippen LogP contribution in [0.4, 0.5) is 5.69 Å².